The highest BCUT2D eigenvalue weighted by Gasteiger charge is 2.22. The number of benzene rings is 2. The number of hydrogen-bond acceptors (Lipinski definition) is 5. The lowest BCUT2D eigenvalue weighted by Gasteiger charge is -2.19. The molecule has 0 saturated heterocycles. The largest absolute Gasteiger partial charge is 0.308 e. The number of hydrogen-bond donors (Lipinski definition) is 0. The number of thiazole rings is 1. The van der Waals surface area contributed by atoms with Crippen LogP contribution in [0, 0.1) is 0 Å². The molecule has 8 heteroatoms. The van der Waals surface area contributed by atoms with Crippen LogP contribution in [0.15, 0.2) is 58.2 Å². The zero-order valence-corrected chi connectivity index (χ0v) is 16.5. The first-order chi connectivity index (χ1) is 12.3. The lowest BCUT2D eigenvalue weighted by atomic mass is 10.3. The van der Waals surface area contributed by atoms with Crippen molar-refractivity contribution in [1.82, 2.24) is 9.47 Å². The van der Waals surface area contributed by atoms with Gasteiger partial charge < -0.3 is 4.90 Å². The second-order valence-electron chi connectivity index (χ2n) is 6.26. The average Bonchev–Trinajstić information content (AvgIpc) is 2.94. The fourth-order valence-electron chi connectivity index (χ4n) is 2.65. The van der Waals surface area contributed by atoms with E-state index in [0.29, 0.717) is 16.9 Å². The van der Waals surface area contributed by atoms with Gasteiger partial charge in [0.1, 0.15) is 0 Å². The number of sulfonamides is 1. The molecule has 0 bridgehead atoms. The van der Waals surface area contributed by atoms with E-state index < -0.39 is 10.0 Å². The minimum absolute atomic E-state index is 0.0761. The fraction of sp³-hybridized carbons (Fsp3) is 0.278. The van der Waals surface area contributed by atoms with Crippen molar-refractivity contribution in [3.8, 4) is 0 Å². The van der Waals surface area contributed by atoms with E-state index in [0.717, 1.165) is 23.4 Å². The molecule has 1 aromatic heterocycles. The van der Waals surface area contributed by atoms with Crippen molar-refractivity contribution in [2.45, 2.75) is 11.4 Å². The molecule has 0 radical (unpaired) electrons. The van der Waals surface area contributed by atoms with E-state index in [4.69, 9.17) is 0 Å². The third-order valence-corrected chi connectivity index (χ3v) is 6.91. The van der Waals surface area contributed by atoms with Gasteiger partial charge in [-0.3, -0.25) is 13.7 Å². The van der Waals surface area contributed by atoms with Crippen LogP contribution in [0.5, 0.6) is 0 Å². The summed E-state index contributed by atoms with van der Waals surface area (Å²) >= 11 is 1.07. The number of rotatable bonds is 6. The van der Waals surface area contributed by atoms with Gasteiger partial charge in [-0.25, -0.2) is 8.42 Å². The fourth-order valence-corrected chi connectivity index (χ4v) is 4.91. The first-order valence-corrected chi connectivity index (χ1v) is 10.4. The Morgan fingerprint density at radius 2 is 1.73 bits per heavy atom. The molecule has 0 aliphatic heterocycles. The highest BCUT2D eigenvalue weighted by molar-refractivity contribution is 7.92. The number of fused-ring (bicyclic) bond motifs is 1. The van der Waals surface area contributed by atoms with Crippen LogP contribution in [0.2, 0.25) is 0 Å². The average molecular weight is 392 g/mol. The van der Waals surface area contributed by atoms with Crippen LogP contribution in [-0.4, -0.2) is 45.6 Å². The molecule has 0 fully saturated rings. The molecule has 26 heavy (non-hydrogen) atoms. The zero-order valence-electron chi connectivity index (χ0n) is 14.9. The third kappa shape index (κ3) is 3.53. The summed E-state index contributed by atoms with van der Waals surface area (Å²) in [6.07, 6.45) is 0. The van der Waals surface area contributed by atoms with Crippen molar-refractivity contribution in [3.63, 3.8) is 0 Å². The Morgan fingerprint density at radius 3 is 2.38 bits per heavy atom. The van der Waals surface area contributed by atoms with Crippen molar-refractivity contribution < 1.29 is 8.42 Å². The maximum Gasteiger partial charge on any atom is 0.308 e. The quantitative estimate of drug-likeness (QED) is 0.648. The Morgan fingerprint density at radius 1 is 1.04 bits per heavy atom. The van der Waals surface area contributed by atoms with Crippen molar-refractivity contribution in [2.24, 2.45) is 0 Å². The zero-order chi connectivity index (χ0) is 18.9. The molecular formula is C18H21N3O3S2. The van der Waals surface area contributed by atoms with Crippen LogP contribution in [0.3, 0.4) is 0 Å². The molecule has 0 amide bonds. The van der Waals surface area contributed by atoms with Gasteiger partial charge in [-0.2, -0.15) is 0 Å². The molecule has 138 valence electrons. The molecule has 0 unspecified atom stereocenters. The smallest absolute Gasteiger partial charge is 0.308 e. The summed E-state index contributed by atoms with van der Waals surface area (Å²) < 4.78 is 29.5. The summed E-state index contributed by atoms with van der Waals surface area (Å²) in [6, 6.07) is 13.8. The van der Waals surface area contributed by atoms with Gasteiger partial charge in [0.05, 0.1) is 20.8 Å². The van der Waals surface area contributed by atoms with Crippen LogP contribution >= 0.6 is 11.3 Å². The van der Waals surface area contributed by atoms with Crippen LogP contribution < -0.4 is 9.18 Å². The first-order valence-electron chi connectivity index (χ1n) is 8.13. The van der Waals surface area contributed by atoms with Crippen molar-refractivity contribution >= 4 is 37.3 Å². The minimum atomic E-state index is -3.69. The first kappa shape index (κ1) is 18.6. The Kier molecular flexibility index (Phi) is 5.17. The summed E-state index contributed by atoms with van der Waals surface area (Å²) in [5, 5.41) is 0. The van der Waals surface area contributed by atoms with E-state index in [1.165, 1.54) is 11.4 Å². The van der Waals surface area contributed by atoms with E-state index in [2.05, 4.69) is 0 Å². The lowest BCUT2D eigenvalue weighted by Crippen LogP contribution is -2.26. The van der Waals surface area contributed by atoms with E-state index >= 15 is 0 Å². The predicted molar refractivity (Wildman–Crippen MR) is 107 cm³/mol. The molecule has 3 rings (SSSR count). The van der Waals surface area contributed by atoms with Crippen molar-refractivity contribution in [2.75, 3.05) is 32.0 Å². The van der Waals surface area contributed by atoms with Gasteiger partial charge in [-0.1, -0.05) is 29.5 Å². The SMILES string of the molecule is CN(C)CCn1c(=O)sc2cc(S(=O)(=O)N(C)c3ccccc3)ccc21. The van der Waals surface area contributed by atoms with Crippen molar-refractivity contribution in [3.05, 3.63) is 58.2 Å². The predicted octanol–water partition coefficient (Wildman–Crippen LogP) is 2.45. The third-order valence-electron chi connectivity index (χ3n) is 4.19. The molecule has 1 heterocycles. The van der Waals surface area contributed by atoms with Gasteiger partial charge in [-0.05, 0) is 44.4 Å². The number of aromatic nitrogens is 1. The molecule has 0 aliphatic carbocycles. The van der Waals surface area contributed by atoms with Crippen LogP contribution in [-0.2, 0) is 16.6 Å². The molecular weight excluding hydrogens is 370 g/mol. The highest BCUT2D eigenvalue weighted by atomic mass is 32.2. The van der Waals surface area contributed by atoms with E-state index in [9.17, 15) is 13.2 Å². The van der Waals surface area contributed by atoms with Crippen LogP contribution in [0.1, 0.15) is 0 Å². The summed E-state index contributed by atoms with van der Waals surface area (Å²) in [7, 11) is 1.73. The summed E-state index contributed by atoms with van der Waals surface area (Å²) in [4.78, 5) is 14.4. The molecule has 6 nitrogen and oxygen atoms in total. The topological polar surface area (TPSA) is 62.6 Å². The molecule has 0 aliphatic rings. The van der Waals surface area contributed by atoms with E-state index in [1.54, 1.807) is 47.0 Å². The Balaban J connectivity index is 2.00. The molecule has 0 saturated carbocycles. The Labute approximate surface area is 157 Å². The highest BCUT2D eigenvalue weighted by Crippen LogP contribution is 2.26. The monoisotopic (exact) mass is 391 g/mol. The van der Waals surface area contributed by atoms with E-state index in [-0.39, 0.29) is 9.77 Å². The Hall–Kier alpha value is -2.16. The molecule has 3 aromatic rings. The summed E-state index contributed by atoms with van der Waals surface area (Å²) in [5.41, 5.74) is 1.35. The number of anilines is 1. The summed E-state index contributed by atoms with van der Waals surface area (Å²) in [6.45, 7) is 1.31. The van der Waals surface area contributed by atoms with Crippen LogP contribution in [0.4, 0.5) is 5.69 Å². The number of likely N-dealkylation sites (N-methyl/N-ethyl adjacent to an activating group) is 1. The lowest BCUT2D eigenvalue weighted by molar-refractivity contribution is 0.385. The van der Waals surface area contributed by atoms with Gasteiger partial charge in [0, 0.05) is 20.1 Å². The van der Waals surface area contributed by atoms with Crippen molar-refractivity contribution in [1.29, 1.82) is 0 Å². The van der Waals surface area contributed by atoms with Gasteiger partial charge >= 0.3 is 4.87 Å². The maximum atomic E-state index is 12.9. The number of nitrogens with zero attached hydrogens (tertiary/aromatic N) is 3. The second-order valence-corrected chi connectivity index (χ2v) is 9.22. The van der Waals surface area contributed by atoms with Gasteiger partial charge in [0.15, 0.2) is 0 Å². The minimum Gasteiger partial charge on any atom is -0.308 e. The Bertz CT molecular complexity index is 1070. The maximum absolute atomic E-state index is 12.9. The molecule has 0 N–H and O–H groups in total. The van der Waals surface area contributed by atoms with Gasteiger partial charge in [-0.15, -0.1) is 0 Å². The normalized spacial score (nSPS) is 12.0. The van der Waals surface area contributed by atoms with Gasteiger partial charge in [0.25, 0.3) is 10.0 Å². The van der Waals surface area contributed by atoms with Crippen LogP contribution in [0.25, 0.3) is 10.2 Å². The van der Waals surface area contributed by atoms with Gasteiger partial charge in [0.2, 0.25) is 0 Å². The second kappa shape index (κ2) is 7.22. The molecule has 0 spiro atoms. The summed E-state index contributed by atoms with van der Waals surface area (Å²) in [5.74, 6) is 0. The standard InChI is InChI=1S/C18H21N3O3S2/c1-19(2)11-12-21-16-10-9-15(13-17(16)25-18(21)22)26(23,24)20(3)14-7-5-4-6-8-14/h4-10,13H,11-12H2,1-3H3. The van der Waals surface area contributed by atoms with E-state index in [1.807, 2.05) is 25.1 Å². The molecule has 2 aromatic carbocycles. The molecule has 0 atom stereocenters. The number of para-hydroxylation sites is 1.